The molecule has 1 heteroatoms. The lowest BCUT2D eigenvalue weighted by molar-refractivity contribution is 0.0482. The molecule has 0 unspecified atom stereocenters. The van der Waals surface area contributed by atoms with Gasteiger partial charge in [0.2, 0.25) is 0 Å². The molecule has 0 aromatic carbocycles. The van der Waals surface area contributed by atoms with E-state index in [-0.39, 0.29) is 0 Å². The zero-order chi connectivity index (χ0) is 12.6. The number of fused-ring (bicyclic) bond motifs is 1. The van der Waals surface area contributed by atoms with Gasteiger partial charge in [0.05, 0.1) is 0 Å². The highest BCUT2D eigenvalue weighted by atomic mass is 14.9. The fourth-order valence-electron chi connectivity index (χ4n) is 4.44. The van der Waals surface area contributed by atoms with Crippen molar-refractivity contribution in [3.05, 3.63) is 17.5 Å². The van der Waals surface area contributed by atoms with Crippen LogP contribution in [0.25, 0.3) is 5.32 Å². The molecule has 0 bridgehead atoms. The summed E-state index contributed by atoms with van der Waals surface area (Å²) in [5, 5.41) is 4.77. The van der Waals surface area contributed by atoms with E-state index in [1.807, 2.05) is 7.05 Å². The van der Waals surface area contributed by atoms with Crippen molar-refractivity contribution < 1.29 is 0 Å². The van der Waals surface area contributed by atoms with E-state index in [1.54, 1.807) is 0 Å². The summed E-state index contributed by atoms with van der Waals surface area (Å²) in [7, 11) is 2.02. The predicted molar refractivity (Wildman–Crippen MR) is 75.2 cm³/mol. The second-order valence-corrected chi connectivity index (χ2v) is 6.84. The SMILES string of the molecule is C=C1CCC[C@]2(C)CC[C@H](C(C)C)[C@@H]([N-]C)[C@H]12. The summed E-state index contributed by atoms with van der Waals surface area (Å²) in [6.45, 7) is 11.6. The second-order valence-electron chi connectivity index (χ2n) is 6.84. The maximum Gasteiger partial charge on any atom is -0.0274 e. The van der Waals surface area contributed by atoms with Crippen molar-refractivity contribution in [1.82, 2.24) is 0 Å². The number of nitrogens with zero attached hydrogens (tertiary/aromatic N) is 1. The Morgan fingerprint density at radius 1 is 1.35 bits per heavy atom. The second kappa shape index (κ2) is 4.76. The van der Waals surface area contributed by atoms with E-state index in [9.17, 15) is 0 Å². The molecule has 0 aromatic rings. The van der Waals surface area contributed by atoms with Gasteiger partial charge in [-0.25, -0.2) is 0 Å². The number of rotatable bonds is 2. The van der Waals surface area contributed by atoms with Crippen LogP contribution < -0.4 is 0 Å². The van der Waals surface area contributed by atoms with E-state index in [0.29, 0.717) is 17.4 Å². The van der Waals surface area contributed by atoms with Crippen molar-refractivity contribution in [3.8, 4) is 0 Å². The van der Waals surface area contributed by atoms with Gasteiger partial charge in [0, 0.05) is 0 Å². The molecule has 98 valence electrons. The van der Waals surface area contributed by atoms with E-state index in [2.05, 4.69) is 27.4 Å². The van der Waals surface area contributed by atoms with E-state index >= 15 is 0 Å². The third kappa shape index (κ3) is 2.19. The van der Waals surface area contributed by atoms with Gasteiger partial charge in [-0.15, -0.1) is 6.04 Å². The van der Waals surface area contributed by atoms with Crippen LogP contribution in [0.2, 0.25) is 0 Å². The van der Waals surface area contributed by atoms with Crippen LogP contribution >= 0.6 is 0 Å². The van der Waals surface area contributed by atoms with Crippen LogP contribution in [-0.4, -0.2) is 13.1 Å². The highest BCUT2D eigenvalue weighted by Gasteiger charge is 2.45. The van der Waals surface area contributed by atoms with E-state index in [4.69, 9.17) is 5.32 Å². The molecule has 0 aliphatic heterocycles. The van der Waals surface area contributed by atoms with Crippen LogP contribution in [0.3, 0.4) is 0 Å². The monoisotopic (exact) mass is 234 g/mol. The van der Waals surface area contributed by atoms with Gasteiger partial charge in [0.15, 0.2) is 0 Å². The Morgan fingerprint density at radius 3 is 2.65 bits per heavy atom. The molecule has 0 radical (unpaired) electrons. The molecule has 0 N–H and O–H groups in total. The molecular weight excluding hydrogens is 206 g/mol. The highest BCUT2D eigenvalue weighted by molar-refractivity contribution is 5.20. The average Bonchev–Trinajstić information content (AvgIpc) is 2.26. The first-order chi connectivity index (χ1) is 7.99. The van der Waals surface area contributed by atoms with Crippen LogP contribution in [0.5, 0.6) is 0 Å². The van der Waals surface area contributed by atoms with Crippen molar-refractivity contribution in [2.24, 2.45) is 23.2 Å². The minimum Gasteiger partial charge on any atom is -0.662 e. The third-order valence-corrected chi connectivity index (χ3v) is 5.42. The van der Waals surface area contributed by atoms with Gasteiger partial charge in [-0.05, 0) is 42.9 Å². The number of hydrogen-bond donors (Lipinski definition) is 0. The summed E-state index contributed by atoms with van der Waals surface area (Å²) in [5.41, 5.74) is 1.98. The van der Waals surface area contributed by atoms with Crippen molar-refractivity contribution in [2.75, 3.05) is 7.05 Å². The molecule has 2 rings (SSSR count). The van der Waals surface area contributed by atoms with Gasteiger partial charge in [-0.2, -0.15) is 7.05 Å². The first-order valence-electron chi connectivity index (χ1n) is 7.26. The molecule has 0 amide bonds. The molecule has 2 aliphatic rings. The van der Waals surface area contributed by atoms with Crippen molar-refractivity contribution in [1.29, 1.82) is 0 Å². The lowest BCUT2D eigenvalue weighted by Crippen LogP contribution is -2.48. The van der Waals surface area contributed by atoms with Gasteiger partial charge >= 0.3 is 0 Å². The summed E-state index contributed by atoms with van der Waals surface area (Å²) in [6, 6.07) is 0.529. The molecular formula is C16H28N-. The predicted octanol–water partition coefficient (Wildman–Crippen LogP) is 4.79. The zero-order valence-electron chi connectivity index (χ0n) is 12.0. The van der Waals surface area contributed by atoms with Crippen molar-refractivity contribution >= 4 is 0 Å². The van der Waals surface area contributed by atoms with Gasteiger partial charge in [-0.1, -0.05) is 45.3 Å². The zero-order valence-corrected chi connectivity index (χ0v) is 12.0. The molecule has 1 nitrogen and oxygen atoms in total. The molecule has 2 saturated carbocycles. The van der Waals surface area contributed by atoms with Gasteiger partial charge in [0.1, 0.15) is 0 Å². The molecule has 2 aliphatic carbocycles. The van der Waals surface area contributed by atoms with E-state index < -0.39 is 0 Å². The van der Waals surface area contributed by atoms with Crippen LogP contribution in [0, 0.1) is 23.2 Å². The molecule has 4 atom stereocenters. The molecule has 0 saturated heterocycles. The maximum atomic E-state index is 4.77. The largest absolute Gasteiger partial charge is 0.662 e. The fourth-order valence-corrected chi connectivity index (χ4v) is 4.44. The minimum absolute atomic E-state index is 0.491. The summed E-state index contributed by atoms with van der Waals surface area (Å²) in [4.78, 5) is 0. The Bertz CT molecular complexity index is 294. The maximum absolute atomic E-state index is 4.77. The third-order valence-electron chi connectivity index (χ3n) is 5.42. The summed E-state index contributed by atoms with van der Waals surface area (Å²) >= 11 is 0. The Morgan fingerprint density at radius 2 is 2.06 bits per heavy atom. The minimum atomic E-state index is 0.491. The molecule has 17 heavy (non-hydrogen) atoms. The lowest BCUT2D eigenvalue weighted by Gasteiger charge is -2.59. The Hall–Kier alpha value is -0.300. The highest BCUT2D eigenvalue weighted by Crippen LogP contribution is 2.55. The summed E-state index contributed by atoms with van der Waals surface area (Å²) < 4.78 is 0. The Balaban J connectivity index is 2.28. The van der Waals surface area contributed by atoms with E-state index in [0.717, 1.165) is 11.8 Å². The van der Waals surface area contributed by atoms with Crippen molar-refractivity contribution in [3.63, 3.8) is 0 Å². The number of hydrogen-bond acceptors (Lipinski definition) is 0. The average molecular weight is 234 g/mol. The summed E-state index contributed by atoms with van der Waals surface area (Å²) in [6.07, 6.45) is 6.70. The molecule has 0 aromatic heterocycles. The van der Waals surface area contributed by atoms with Gasteiger partial charge in [-0.3, -0.25) is 0 Å². The van der Waals surface area contributed by atoms with Crippen molar-refractivity contribution in [2.45, 2.75) is 58.9 Å². The normalized spacial score (nSPS) is 42.6. The topological polar surface area (TPSA) is 14.1 Å². The first kappa shape index (κ1) is 13.1. The lowest BCUT2D eigenvalue weighted by atomic mass is 9.53. The smallest absolute Gasteiger partial charge is 0.0274 e. The first-order valence-corrected chi connectivity index (χ1v) is 7.26. The van der Waals surface area contributed by atoms with Gasteiger partial charge < -0.3 is 5.32 Å². The van der Waals surface area contributed by atoms with E-state index in [1.165, 1.54) is 37.7 Å². The standard InChI is InChI=1S/C16H28N/c1-11(2)13-8-10-16(4)9-6-7-12(3)14(16)15(13)17-5/h11,13-15H,3,6-10H2,1-2,4-5H3/q-1/t13-,14+,15-,16-/m1/s1. The van der Waals surface area contributed by atoms with Gasteiger partial charge in [0.25, 0.3) is 0 Å². The Labute approximate surface area is 107 Å². The quantitative estimate of drug-likeness (QED) is 0.610. The van der Waals surface area contributed by atoms with Crippen LogP contribution in [0.1, 0.15) is 52.9 Å². The molecule has 2 fully saturated rings. The molecule has 0 spiro atoms. The Kier molecular flexibility index (Phi) is 3.68. The fraction of sp³-hybridized carbons (Fsp3) is 0.875. The van der Waals surface area contributed by atoms with Crippen LogP contribution in [0.15, 0.2) is 12.2 Å². The van der Waals surface area contributed by atoms with Crippen LogP contribution in [0.4, 0.5) is 0 Å². The summed E-state index contributed by atoms with van der Waals surface area (Å²) in [5.74, 6) is 2.18. The van der Waals surface area contributed by atoms with Crippen LogP contribution in [-0.2, 0) is 0 Å². The molecule has 0 heterocycles.